The van der Waals surface area contributed by atoms with Crippen LogP contribution in [0.25, 0.3) is 0 Å². The van der Waals surface area contributed by atoms with Crippen molar-refractivity contribution in [1.82, 2.24) is 4.90 Å². The summed E-state index contributed by atoms with van der Waals surface area (Å²) in [6.07, 6.45) is 0.134. The molecule has 0 bridgehead atoms. The molecule has 2 aromatic carbocycles. The second kappa shape index (κ2) is 10.2. The zero-order valence-corrected chi connectivity index (χ0v) is 21.3. The lowest BCUT2D eigenvalue weighted by Gasteiger charge is -2.37. The second-order valence-corrected chi connectivity index (χ2v) is 14.0. The molecular weight excluding hydrogens is 461 g/mol. The first-order chi connectivity index (χ1) is 15.6. The predicted octanol–water partition coefficient (Wildman–Crippen LogP) is 4.78. The predicted molar refractivity (Wildman–Crippen MR) is 130 cm³/mol. The van der Waals surface area contributed by atoms with Gasteiger partial charge in [-0.1, -0.05) is 18.2 Å². The van der Waals surface area contributed by atoms with Crippen molar-refractivity contribution in [2.24, 2.45) is 0 Å². The van der Waals surface area contributed by atoms with Crippen LogP contribution in [-0.2, 0) is 24.7 Å². The molecule has 1 aliphatic rings. The van der Waals surface area contributed by atoms with Crippen LogP contribution >= 0.6 is 7.12 Å². The van der Waals surface area contributed by atoms with Gasteiger partial charge >= 0.3 is 12.1 Å². The molecule has 1 saturated heterocycles. The molecule has 0 saturated carbocycles. The number of esters is 1. The average Bonchev–Trinajstić information content (AvgIpc) is 3.24. The first kappa shape index (κ1) is 25.2. The van der Waals surface area contributed by atoms with Crippen LogP contribution in [0.1, 0.15) is 33.6 Å². The number of carbonyl (C=O) groups excluding carboxylic acids is 2. The fraction of sp³-hybridized carbons (Fsp3) is 0.417. The number of benzene rings is 2. The van der Waals surface area contributed by atoms with Crippen LogP contribution in [-0.4, -0.2) is 52.0 Å². The monoisotopic (exact) mass is 491 g/mol. The fourth-order valence-corrected chi connectivity index (χ4v) is 8.85. The van der Waals surface area contributed by atoms with E-state index in [1.54, 1.807) is 20.8 Å². The number of likely N-dealkylation sites (tertiary alicyclic amines) is 1. The number of para-hydroxylation sites is 1. The van der Waals surface area contributed by atoms with Crippen LogP contribution in [0.5, 0.6) is 11.5 Å². The first-order valence-electron chi connectivity index (χ1n) is 10.7. The minimum atomic E-state index is -1.73. The number of hydrogen-bond acceptors (Lipinski definition) is 6. The molecule has 3 atom stereocenters. The molecule has 33 heavy (non-hydrogen) atoms. The Morgan fingerprint density at radius 3 is 2.21 bits per heavy atom. The van der Waals surface area contributed by atoms with Gasteiger partial charge in [-0.2, -0.15) is 0 Å². The zero-order valence-electron chi connectivity index (χ0n) is 19.6. The van der Waals surface area contributed by atoms with Crippen molar-refractivity contribution in [2.75, 3.05) is 20.3 Å². The van der Waals surface area contributed by atoms with E-state index >= 15 is 0 Å². The number of carbonyl (C=O) groups is 2. The van der Waals surface area contributed by atoms with Crippen LogP contribution in [0.4, 0.5) is 4.79 Å². The van der Waals surface area contributed by atoms with E-state index in [9.17, 15) is 13.8 Å². The van der Waals surface area contributed by atoms with E-state index in [2.05, 4.69) is 0 Å². The van der Waals surface area contributed by atoms with Crippen LogP contribution in [0.2, 0.25) is 0 Å². The Labute approximate surface area is 198 Å². The van der Waals surface area contributed by atoms with Gasteiger partial charge in [-0.25, -0.2) is 9.59 Å². The van der Waals surface area contributed by atoms with Gasteiger partial charge in [-0.15, -0.1) is 0 Å². The van der Waals surface area contributed by atoms with Crippen molar-refractivity contribution < 1.29 is 28.0 Å². The van der Waals surface area contributed by atoms with Crippen molar-refractivity contribution in [2.45, 2.75) is 44.1 Å². The number of hydrogen-bond donors (Lipinski definition) is 0. The Bertz CT molecular complexity index is 1010. The lowest BCUT2D eigenvalue weighted by atomic mass is 10.2. The molecule has 0 N–H and O–H groups in total. The summed E-state index contributed by atoms with van der Waals surface area (Å²) in [5.74, 6) is 0.692. The maximum absolute atomic E-state index is 13.9. The summed E-state index contributed by atoms with van der Waals surface area (Å²) >= 11 is 0. The van der Waals surface area contributed by atoms with Gasteiger partial charge < -0.3 is 14.2 Å². The Kier molecular flexibility index (Phi) is 7.80. The lowest BCUT2D eigenvalue weighted by Crippen LogP contribution is -2.57. The van der Waals surface area contributed by atoms with E-state index in [-0.39, 0.29) is 13.0 Å². The summed E-state index contributed by atoms with van der Waals surface area (Å²) in [6.45, 7) is 7.38. The average molecular weight is 492 g/mol. The fourth-order valence-electron chi connectivity index (χ4n) is 3.64. The maximum Gasteiger partial charge on any atom is 0.411 e. The highest BCUT2D eigenvalue weighted by molar-refractivity contribution is 8.49. The summed E-state index contributed by atoms with van der Waals surface area (Å²) in [7, 11) is -1.80. The summed E-state index contributed by atoms with van der Waals surface area (Å²) in [5, 5.41) is 0.822. The normalized spacial score (nSPS) is 20.1. The molecule has 9 heteroatoms. The minimum absolute atomic E-state index is 0.257. The summed E-state index contributed by atoms with van der Waals surface area (Å²) in [6, 6.07) is 16.7. The van der Waals surface area contributed by atoms with Crippen molar-refractivity contribution >= 4 is 34.9 Å². The van der Waals surface area contributed by atoms with E-state index in [1.807, 2.05) is 61.3 Å². The molecule has 0 spiro atoms. The maximum atomic E-state index is 13.9. The zero-order chi connectivity index (χ0) is 24.2. The van der Waals surface area contributed by atoms with Crippen molar-refractivity contribution in [3.8, 4) is 11.5 Å². The Morgan fingerprint density at radius 1 is 1.03 bits per heavy atom. The minimum Gasteiger partial charge on any atom is -0.467 e. The third-order valence-corrected chi connectivity index (χ3v) is 10.9. The molecule has 1 aliphatic heterocycles. The van der Waals surface area contributed by atoms with Crippen molar-refractivity contribution in [3.05, 3.63) is 54.6 Å². The van der Waals surface area contributed by atoms with E-state index in [4.69, 9.17) is 14.2 Å². The first-order valence-corrected chi connectivity index (χ1v) is 14.2. The van der Waals surface area contributed by atoms with Gasteiger partial charge in [0.2, 0.25) is 4.87 Å². The van der Waals surface area contributed by atoms with Gasteiger partial charge in [-0.05, 0) is 82.0 Å². The van der Waals surface area contributed by atoms with Crippen molar-refractivity contribution in [3.63, 3.8) is 0 Å². The number of nitrogens with zero attached hydrogens (tertiary/aromatic N) is 1. The second-order valence-electron chi connectivity index (χ2n) is 8.67. The topological polar surface area (TPSA) is 82.1 Å². The van der Waals surface area contributed by atoms with Gasteiger partial charge in [0.25, 0.3) is 0 Å². The molecule has 2 aromatic rings. The van der Waals surface area contributed by atoms with Crippen molar-refractivity contribution in [1.29, 1.82) is 0 Å². The van der Waals surface area contributed by atoms with E-state index in [0.717, 1.165) is 11.1 Å². The number of ether oxygens (including phenoxy) is 3. The smallest absolute Gasteiger partial charge is 0.411 e. The van der Waals surface area contributed by atoms with E-state index in [0.29, 0.717) is 12.2 Å². The molecule has 3 unspecified atom stereocenters. The van der Waals surface area contributed by atoms with Crippen LogP contribution in [0.3, 0.4) is 0 Å². The number of amides is 1. The highest BCUT2D eigenvalue weighted by Crippen LogP contribution is 2.48. The SMILES string of the molecule is COC(=O)C1(S(=O)P(C)c2ccc(Oc3ccccc3)cc2)CCCN1C(=O)OC(C)(C)C. The number of methoxy groups -OCH3 is 1. The molecule has 1 fully saturated rings. The largest absolute Gasteiger partial charge is 0.467 e. The van der Waals surface area contributed by atoms with Gasteiger partial charge in [0.05, 0.1) is 17.5 Å². The molecule has 1 amide bonds. The number of rotatable bonds is 6. The Hall–Kier alpha value is -2.44. The summed E-state index contributed by atoms with van der Waals surface area (Å²) in [4.78, 5) is 25.6. The third kappa shape index (κ3) is 5.56. The Morgan fingerprint density at radius 2 is 1.64 bits per heavy atom. The summed E-state index contributed by atoms with van der Waals surface area (Å²) in [5.41, 5.74) is -0.742. The molecule has 7 nitrogen and oxygen atoms in total. The highest BCUT2D eigenvalue weighted by atomic mass is 32.7. The quantitative estimate of drug-likeness (QED) is 0.427. The Balaban J connectivity index is 1.86. The van der Waals surface area contributed by atoms with Crippen LogP contribution in [0, 0.1) is 0 Å². The third-order valence-electron chi connectivity index (χ3n) is 5.17. The summed E-state index contributed by atoms with van der Waals surface area (Å²) < 4.78 is 30.3. The molecule has 1 heterocycles. The van der Waals surface area contributed by atoms with Gasteiger partial charge in [0, 0.05) is 13.7 Å². The molecule has 0 aromatic heterocycles. The molecule has 0 aliphatic carbocycles. The highest BCUT2D eigenvalue weighted by Gasteiger charge is 2.58. The van der Waals surface area contributed by atoms with Gasteiger partial charge in [0.1, 0.15) is 17.1 Å². The van der Waals surface area contributed by atoms with Crippen LogP contribution in [0.15, 0.2) is 54.6 Å². The molecular formula is C24H30NO6PS. The van der Waals surface area contributed by atoms with E-state index < -0.39 is 40.1 Å². The van der Waals surface area contributed by atoms with Gasteiger partial charge in [-0.3, -0.25) is 9.11 Å². The van der Waals surface area contributed by atoms with E-state index in [1.165, 1.54) is 12.0 Å². The molecule has 3 rings (SSSR count). The molecule has 178 valence electrons. The van der Waals surface area contributed by atoms with Gasteiger partial charge in [0.15, 0.2) is 0 Å². The lowest BCUT2D eigenvalue weighted by molar-refractivity contribution is -0.147. The van der Waals surface area contributed by atoms with Crippen LogP contribution < -0.4 is 10.0 Å². The standard InChI is InChI=1S/C24H30NO6PS/c1-23(2,3)31-22(27)25-17-9-16-24(25,21(26)29-4)33(28)32(5)20-14-12-19(13-15-20)30-18-10-7-6-8-11-18/h6-8,10-15H,9,16-17H2,1-5H3. The molecule has 0 radical (unpaired) electrons.